The van der Waals surface area contributed by atoms with Crippen LogP contribution in [-0.2, 0) is 0 Å². The second-order valence-electron chi connectivity index (χ2n) is 3.37. The monoisotopic (exact) mass is 281 g/mol. The minimum absolute atomic E-state index is 0.0979. The molecule has 0 radical (unpaired) electrons. The van der Waals surface area contributed by atoms with E-state index in [-0.39, 0.29) is 11.4 Å². The van der Waals surface area contributed by atoms with Crippen LogP contribution in [0.2, 0.25) is 5.02 Å². The number of nitrogens with two attached hydrogens (primary N) is 1. The smallest absolute Gasteiger partial charge is 0.305 e. The van der Waals surface area contributed by atoms with Crippen molar-refractivity contribution in [2.24, 2.45) is 0 Å². The van der Waals surface area contributed by atoms with Crippen molar-refractivity contribution in [3.05, 3.63) is 51.7 Å². The van der Waals surface area contributed by atoms with Crippen LogP contribution in [-0.4, -0.2) is 9.91 Å². The van der Waals surface area contributed by atoms with Gasteiger partial charge in [0.15, 0.2) is 0 Å². The van der Waals surface area contributed by atoms with Crippen molar-refractivity contribution in [2.75, 3.05) is 5.73 Å². The summed E-state index contributed by atoms with van der Waals surface area (Å²) in [4.78, 5) is 15.0. The Bertz CT molecular complexity index is 589. The van der Waals surface area contributed by atoms with Gasteiger partial charge in [0.2, 0.25) is 0 Å². The highest BCUT2D eigenvalue weighted by molar-refractivity contribution is 7.99. The fourth-order valence-electron chi connectivity index (χ4n) is 1.35. The van der Waals surface area contributed by atoms with E-state index in [9.17, 15) is 10.1 Å². The van der Waals surface area contributed by atoms with Crippen molar-refractivity contribution in [2.45, 2.75) is 9.92 Å². The first-order chi connectivity index (χ1) is 8.58. The summed E-state index contributed by atoms with van der Waals surface area (Å²) in [6, 6.07) is 8.17. The van der Waals surface area contributed by atoms with E-state index in [1.54, 1.807) is 24.3 Å². The molecule has 1 aromatic heterocycles. The number of pyridine rings is 1. The molecule has 92 valence electrons. The topological polar surface area (TPSA) is 82.0 Å². The zero-order valence-corrected chi connectivity index (χ0v) is 10.6. The quantitative estimate of drug-likeness (QED) is 0.530. The van der Waals surface area contributed by atoms with E-state index in [0.717, 1.165) is 0 Å². The summed E-state index contributed by atoms with van der Waals surface area (Å²) in [5, 5.41) is 12.1. The molecule has 0 saturated heterocycles. The molecule has 7 heteroatoms. The van der Waals surface area contributed by atoms with Gasteiger partial charge in [-0.1, -0.05) is 29.4 Å². The Morgan fingerprint density at radius 2 is 2.11 bits per heavy atom. The maximum atomic E-state index is 11.0. The number of halogens is 1. The third-order valence-electron chi connectivity index (χ3n) is 2.13. The first kappa shape index (κ1) is 12.7. The van der Waals surface area contributed by atoms with Crippen LogP contribution in [0.5, 0.6) is 0 Å². The Balaban J connectivity index is 2.37. The summed E-state index contributed by atoms with van der Waals surface area (Å²) in [7, 11) is 0. The van der Waals surface area contributed by atoms with Crippen molar-refractivity contribution < 1.29 is 4.92 Å². The van der Waals surface area contributed by atoms with Crippen LogP contribution in [0.1, 0.15) is 0 Å². The Morgan fingerprint density at radius 3 is 2.72 bits per heavy atom. The largest absolute Gasteiger partial charge is 0.393 e. The van der Waals surface area contributed by atoms with Gasteiger partial charge in [-0.05, 0) is 24.3 Å². The van der Waals surface area contributed by atoms with Gasteiger partial charge in [-0.2, -0.15) is 0 Å². The van der Waals surface area contributed by atoms with Crippen LogP contribution in [0.4, 0.5) is 11.4 Å². The number of nitrogens with zero attached hydrogens (tertiary/aromatic N) is 2. The van der Waals surface area contributed by atoms with Crippen molar-refractivity contribution in [3.8, 4) is 0 Å². The van der Waals surface area contributed by atoms with Crippen LogP contribution in [0.3, 0.4) is 0 Å². The molecule has 0 aliphatic rings. The highest BCUT2D eigenvalue weighted by Crippen LogP contribution is 2.37. The Labute approximate surface area is 112 Å². The predicted molar refractivity (Wildman–Crippen MR) is 70.9 cm³/mol. The molecule has 0 fully saturated rings. The molecule has 2 rings (SSSR count). The number of hydrogen-bond donors (Lipinski definition) is 1. The summed E-state index contributed by atoms with van der Waals surface area (Å²) < 4.78 is 0. The highest BCUT2D eigenvalue weighted by Gasteiger charge is 2.18. The van der Waals surface area contributed by atoms with Gasteiger partial charge in [0.1, 0.15) is 10.7 Å². The third-order valence-corrected chi connectivity index (χ3v) is 3.35. The maximum absolute atomic E-state index is 11.0. The Hall–Kier alpha value is -1.79. The minimum Gasteiger partial charge on any atom is -0.393 e. The summed E-state index contributed by atoms with van der Waals surface area (Å²) >= 11 is 6.90. The van der Waals surface area contributed by atoms with Gasteiger partial charge in [0, 0.05) is 6.20 Å². The number of hydrogen-bond acceptors (Lipinski definition) is 5. The molecule has 0 amide bonds. The summed E-state index contributed by atoms with van der Waals surface area (Å²) in [6.07, 6.45) is 1.49. The van der Waals surface area contributed by atoms with Crippen LogP contribution >= 0.6 is 23.4 Å². The minimum atomic E-state index is -0.492. The average Bonchev–Trinajstić information content (AvgIpc) is 2.32. The lowest BCUT2D eigenvalue weighted by atomic mass is 10.3. The normalized spacial score (nSPS) is 10.3. The molecule has 0 bridgehead atoms. The molecule has 0 spiro atoms. The molecule has 2 aromatic rings. The molecule has 2 N–H and O–H groups in total. The van der Waals surface area contributed by atoms with E-state index in [1.807, 2.05) is 0 Å². The van der Waals surface area contributed by atoms with E-state index in [1.165, 1.54) is 24.0 Å². The van der Waals surface area contributed by atoms with Crippen LogP contribution in [0, 0.1) is 10.1 Å². The fraction of sp³-hybridized carbons (Fsp3) is 0. The number of benzene rings is 1. The molecule has 0 aliphatic carbocycles. The number of anilines is 1. The van der Waals surface area contributed by atoms with E-state index >= 15 is 0 Å². The van der Waals surface area contributed by atoms with Crippen LogP contribution in [0.25, 0.3) is 0 Å². The second kappa shape index (κ2) is 5.24. The molecule has 0 atom stereocenters. The SMILES string of the molecule is Nc1cccc(Sc2ccc(Cl)cn2)c1[N+](=O)[O-]. The lowest BCUT2D eigenvalue weighted by molar-refractivity contribution is -0.386. The number of nitrogen functional groups attached to an aromatic ring is 1. The van der Waals surface area contributed by atoms with Gasteiger partial charge in [-0.15, -0.1) is 0 Å². The predicted octanol–water partition coefficient (Wildman–Crippen LogP) is 3.38. The lowest BCUT2D eigenvalue weighted by Gasteiger charge is -2.04. The summed E-state index contributed by atoms with van der Waals surface area (Å²) in [6.45, 7) is 0. The number of nitro groups is 1. The number of para-hydroxylation sites is 1. The number of aromatic nitrogens is 1. The average molecular weight is 282 g/mol. The molecule has 0 aliphatic heterocycles. The summed E-state index contributed by atoms with van der Waals surface area (Å²) in [5.74, 6) is 0. The lowest BCUT2D eigenvalue weighted by Crippen LogP contribution is -1.97. The molecule has 0 unspecified atom stereocenters. The van der Waals surface area contributed by atoms with Crippen LogP contribution in [0.15, 0.2) is 46.5 Å². The second-order valence-corrected chi connectivity index (χ2v) is 4.87. The zero-order valence-electron chi connectivity index (χ0n) is 9.04. The molecular weight excluding hydrogens is 274 g/mol. The van der Waals surface area contributed by atoms with E-state index in [2.05, 4.69) is 4.98 Å². The van der Waals surface area contributed by atoms with Crippen LogP contribution < -0.4 is 5.73 Å². The van der Waals surface area contributed by atoms with Gasteiger partial charge >= 0.3 is 5.69 Å². The number of nitro benzene ring substituents is 1. The molecule has 5 nitrogen and oxygen atoms in total. The Morgan fingerprint density at radius 1 is 1.33 bits per heavy atom. The molecule has 1 heterocycles. The molecular formula is C11H8ClN3O2S. The summed E-state index contributed by atoms with van der Waals surface area (Å²) in [5.41, 5.74) is 5.64. The van der Waals surface area contributed by atoms with Crippen molar-refractivity contribution in [3.63, 3.8) is 0 Å². The van der Waals surface area contributed by atoms with E-state index in [0.29, 0.717) is 14.9 Å². The third kappa shape index (κ3) is 2.72. The first-order valence-corrected chi connectivity index (χ1v) is 6.09. The van der Waals surface area contributed by atoms with Gasteiger partial charge < -0.3 is 5.73 Å². The number of rotatable bonds is 3. The zero-order chi connectivity index (χ0) is 13.1. The van der Waals surface area contributed by atoms with Crippen molar-refractivity contribution >= 4 is 34.7 Å². The molecule has 18 heavy (non-hydrogen) atoms. The van der Waals surface area contributed by atoms with Gasteiger partial charge in [-0.25, -0.2) is 4.98 Å². The van der Waals surface area contributed by atoms with Gasteiger partial charge in [0.05, 0.1) is 14.8 Å². The van der Waals surface area contributed by atoms with Gasteiger partial charge in [0.25, 0.3) is 0 Å². The first-order valence-electron chi connectivity index (χ1n) is 4.90. The highest BCUT2D eigenvalue weighted by atomic mass is 35.5. The van der Waals surface area contributed by atoms with E-state index in [4.69, 9.17) is 17.3 Å². The van der Waals surface area contributed by atoms with E-state index < -0.39 is 4.92 Å². The Kier molecular flexibility index (Phi) is 3.69. The van der Waals surface area contributed by atoms with Gasteiger partial charge in [-0.3, -0.25) is 10.1 Å². The molecule has 0 saturated carbocycles. The van der Waals surface area contributed by atoms with Crippen molar-refractivity contribution in [1.29, 1.82) is 0 Å². The standard InChI is InChI=1S/C11H8ClN3O2S/c12-7-4-5-10(14-6-7)18-9-3-1-2-8(13)11(9)15(16)17/h1-6H,13H2. The maximum Gasteiger partial charge on any atom is 0.305 e. The fourth-order valence-corrected chi connectivity index (χ4v) is 2.37. The molecule has 1 aromatic carbocycles. The van der Waals surface area contributed by atoms with Crippen molar-refractivity contribution in [1.82, 2.24) is 4.98 Å².